The molecule has 6 heteroatoms. The van der Waals surface area contributed by atoms with Crippen LogP contribution in [0.1, 0.15) is 16.1 Å². The van der Waals surface area contributed by atoms with Gasteiger partial charge in [-0.1, -0.05) is 0 Å². The summed E-state index contributed by atoms with van der Waals surface area (Å²) in [4.78, 5) is 12.2. The van der Waals surface area contributed by atoms with Crippen LogP contribution < -0.4 is 15.8 Å². The Bertz CT molecular complexity index is 304. The quantitative estimate of drug-likeness (QED) is 0.774. The molecule has 0 unspecified atom stereocenters. The minimum atomic E-state index is -0.0923. The van der Waals surface area contributed by atoms with Gasteiger partial charge in [-0.2, -0.15) is 0 Å². The van der Waals surface area contributed by atoms with E-state index in [0.29, 0.717) is 23.7 Å². The summed E-state index contributed by atoms with van der Waals surface area (Å²) in [5.41, 5.74) is 5.32. The number of hydrogen-bond acceptors (Lipinski definition) is 4. The van der Waals surface area contributed by atoms with Gasteiger partial charge in [0.2, 0.25) is 0 Å². The Balaban J connectivity index is 0.00000196. The highest BCUT2D eigenvalue weighted by atomic mass is 35.5. The standard InChI is InChI=1S/C9H14N2O2S.ClH/c1-13-7-3-6-14-8(7)9(12)11-5-2-4-10;/h3,6H,2,4-5,10H2,1H3,(H,11,12);1H. The number of rotatable bonds is 5. The Morgan fingerprint density at radius 1 is 1.67 bits per heavy atom. The van der Waals surface area contributed by atoms with E-state index in [0.717, 1.165) is 6.42 Å². The fourth-order valence-corrected chi connectivity index (χ4v) is 1.78. The molecule has 0 aliphatic rings. The van der Waals surface area contributed by atoms with Crippen molar-refractivity contribution in [2.45, 2.75) is 6.42 Å². The molecule has 15 heavy (non-hydrogen) atoms. The molecule has 3 N–H and O–H groups in total. The zero-order chi connectivity index (χ0) is 10.4. The van der Waals surface area contributed by atoms with Gasteiger partial charge in [-0.25, -0.2) is 0 Å². The smallest absolute Gasteiger partial charge is 0.265 e. The third-order valence-corrected chi connectivity index (χ3v) is 2.62. The van der Waals surface area contributed by atoms with E-state index in [1.54, 1.807) is 13.2 Å². The molecule has 0 spiro atoms. The zero-order valence-corrected chi connectivity index (χ0v) is 10.1. The lowest BCUT2D eigenvalue weighted by atomic mass is 10.3. The first kappa shape index (κ1) is 14.2. The predicted molar refractivity (Wildman–Crippen MR) is 64.1 cm³/mol. The number of nitrogens with one attached hydrogen (secondary N) is 1. The van der Waals surface area contributed by atoms with Crippen molar-refractivity contribution in [1.82, 2.24) is 5.32 Å². The van der Waals surface area contributed by atoms with Crippen LogP contribution in [0.5, 0.6) is 5.75 Å². The van der Waals surface area contributed by atoms with Gasteiger partial charge < -0.3 is 15.8 Å². The first-order chi connectivity index (χ1) is 6.79. The lowest BCUT2D eigenvalue weighted by molar-refractivity contribution is 0.0955. The van der Waals surface area contributed by atoms with Crippen molar-refractivity contribution in [3.63, 3.8) is 0 Å². The van der Waals surface area contributed by atoms with E-state index in [2.05, 4.69) is 5.32 Å². The average molecular weight is 251 g/mol. The second kappa shape index (κ2) is 7.50. The monoisotopic (exact) mass is 250 g/mol. The summed E-state index contributed by atoms with van der Waals surface area (Å²) in [6.45, 7) is 1.19. The van der Waals surface area contributed by atoms with Crippen LogP contribution in [0.3, 0.4) is 0 Å². The van der Waals surface area contributed by atoms with Gasteiger partial charge in [0.15, 0.2) is 0 Å². The largest absolute Gasteiger partial charge is 0.495 e. The van der Waals surface area contributed by atoms with Crippen molar-refractivity contribution in [2.75, 3.05) is 20.2 Å². The third kappa shape index (κ3) is 4.07. The summed E-state index contributed by atoms with van der Waals surface area (Å²) in [7, 11) is 1.55. The maximum Gasteiger partial charge on any atom is 0.265 e. The van der Waals surface area contributed by atoms with E-state index in [9.17, 15) is 4.79 Å². The van der Waals surface area contributed by atoms with Crippen LogP contribution in [0.25, 0.3) is 0 Å². The minimum absolute atomic E-state index is 0. The Labute approximate surface area is 99.2 Å². The fourth-order valence-electron chi connectivity index (χ4n) is 1.01. The van der Waals surface area contributed by atoms with Crippen LogP contribution in [0.2, 0.25) is 0 Å². The van der Waals surface area contributed by atoms with E-state index in [4.69, 9.17) is 10.5 Å². The second-order valence-corrected chi connectivity index (χ2v) is 3.63. The highest BCUT2D eigenvalue weighted by Gasteiger charge is 2.12. The summed E-state index contributed by atoms with van der Waals surface area (Å²) in [6, 6.07) is 1.78. The molecule has 1 heterocycles. The van der Waals surface area contributed by atoms with Gasteiger partial charge in [0.25, 0.3) is 5.91 Å². The van der Waals surface area contributed by atoms with Gasteiger partial charge in [-0.05, 0) is 24.4 Å². The third-order valence-electron chi connectivity index (χ3n) is 1.72. The van der Waals surface area contributed by atoms with Crippen molar-refractivity contribution >= 4 is 29.7 Å². The van der Waals surface area contributed by atoms with Crippen molar-refractivity contribution < 1.29 is 9.53 Å². The Morgan fingerprint density at radius 2 is 2.40 bits per heavy atom. The second-order valence-electron chi connectivity index (χ2n) is 2.72. The molecule has 0 saturated heterocycles. The van der Waals surface area contributed by atoms with Crippen LogP contribution in [-0.2, 0) is 0 Å². The lowest BCUT2D eigenvalue weighted by Gasteiger charge is -2.03. The van der Waals surface area contributed by atoms with Gasteiger partial charge in [0.05, 0.1) is 7.11 Å². The van der Waals surface area contributed by atoms with E-state index < -0.39 is 0 Å². The molecule has 4 nitrogen and oxygen atoms in total. The number of halogens is 1. The first-order valence-electron chi connectivity index (χ1n) is 4.39. The molecule has 0 aliphatic heterocycles. The number of carbonyl (C=O) groups is 1. The molecule has 1 rings (SSSR count). The SMILES string of the molecule is COc1ccsc1C(=O)NCCCN.Cl. The minimum Gasteiger partial charge on any atom is -0.495 e. The summed E-state index contributed by atoms with van der Waals surface area (Å²) < 4.78 is 5.04. The van der Waals surface area contributed by atoms with Crippen LogP contribution in [0.4, 0.5) is 0 Å². The fraction of sp³-hybridized carbons (Fsp3) is 0.444. The van der Waals surface area contributed by atoms with Crippen molar-refractivity contribution in [3.05, 3.63) is 16.3 Å². The molecule has 0 saturated carbocycles. The van der Waals surface area contributed by atoms with Gasteiger partial charge >= 0.3 is 0 Å². The van der Waals surface area contributed by atoms with E-state index in [1.165, 1.54) is 11.3 Å². The molecule has 1 aromatic heterocycles. The topological polar surface area (TPSA) is 64.3 Å². The van der Waals surface area contributed by atoms with Gasteiger partial charge in [-0.15, -0.1) is 23.7 Å². The summed E-state index contributed by atoms with van der Waals surface area (Å²) in [5.74, 6) is 0.533. The molecule has 0 fully saturated rings. The Morgan fingerprint density at radius 3 is 3.00 bits per heavy atom. The van der Waals surface area contributed by atoms with E-state index in [-0.39, 0.29) is 18.3 Å². The number of amides is 1. The number of carbonyl (C=O) groups excluding carboxylic acids is 1. The van der Waals surface area contributed by atoms with Gasteiger partial charge in [-0.3, -0.25) is 4.79 Å². The zero-order valence-electron chi connectivity index (χ0n) is 8.49. The van der Waals surface area contributed by atoms with Gasteiger partial charge in [0.1, 0.15) is 10.6 Å². The highest BCUT2D eigenvalue weighted by Crippen LogP contribution is 2.23. The number of methoxy groups -OCH3 is 1. The summed E-state index contributed by atoms with van der Waals surface area (Å²) in [5, 5.41) is 4.60. The average Bonchev–Trinajstić information content (AvgIpc) is 2.65. The molecular weight excluding hydrogens is 236 g/mol. The van der Waals surface area contributed by atoms with Crippen molar-refractivity contribution in [1.29, 1.82) is 0 Å². The highest BCUT2D eigenvalue weighted by molar-refractivity contribution is 7.12. The Hall–Kier alpha value is -0.780. The van der Waals surface area contributed by atoms with Crippen molar-refractivity contribution in [3.8, 4) is 5.75 Å². The molecule has 86 valence electrons. The lowest BCUT2D eigenvalue weighted by Crippen LogP contribution is -2.25. The van der Waals surface area contributed by atoms with Crippen LogP contribution in [0, 0.1) is 0 Å². The number of thiophene rings is 1. The molecule has 0 bridgehead atoms. The maximum atomic E-state index is 11.5. The summed E-state index contributed by atoms with van der Waals surface area (Å²) in [6.07, 6.45) is 0.791. The van der Waals surface area contributed by atoms with Crippen molar-refractivity contribution in [2.24, 2.45) is 5.73 Å². The first-order valence-corrected chi connectivity index (χ1v) is 5.27. The molecule has 1 amide bonds. The number of hydrogen-bond donors (Lipinski definition) is 2. The van der Waals surface area contributed by atoms with E-state index >= 15 is 0 Å². The predicted octanol–water partition coefficient (Wildman–Crippen LogP) is 1.26. The van der Waals surface area contributed by atoms with Crippen LogP contribution >= 0.6 is 23.7 Å². The maximum absolute atomic E-state index is 11.5. The summed E-state index contributed by atoms with van der Waals surface area (Å²) >= 11 is 1.37. The number of nitrogens with two attached hydrogens (primary N) is 1. The normalized spacial score (nSPS) is 9.20. The van der Waals surface area contributed by atoms with Crippen LogP contribution in [0.15, 0.2) is 11.4 Å². The molecule has 1 aromatic rings. The number of ether oxygens (including phenoxy) is 1. The van der Waals surface area contributed by atoms with Gasteiger partial charge in [0, 0.05) is 6.54 Å². The molecular formula is C9H15ClN2O2S. The van der Waals surface area contributed by atoms with E-state index in [1.807, 2.05) is 5.38 Å². The molecule has 0 aliphatic carbocycles. The molecule has 0 aromatic carbocycles. The molecule has 0 atom stereocenters. The van der Waals surface area contributed by atoms with Crippen LogP contribution in [-0.4, -0.2) is 26.1 Å². The Kier molecular flexibility index (Phi) is 7.11. The molecule has 0 radical (unpaired) electrons.